The summed E-state index contributed by atoms with van der Waals surface area (Å²) in [5.41, 5.74) is -1.12. The molecule has 136 valence electrons. The van der Waals surface area contributed by atoms with E-state index in [4.69, 9.17) is 4.42 Å². The molecule has 1 unspecified atom stereocenters. The molecule has 3 aromatic heterocycles. The fraction of sp³-hybridized carbons (Fsp3) is 0.176. The van der Waals surface area contributed by atoms with Crippen LogP contribution in [0.25, 0.3) is 10.6 Å². The van der Waals surface area contributed by atoms with Gasteiger partial charge in [0.15, 0.2) is 0 Å². The van der Waals surface area contributed by atoms with E-state index >= 15 is 0 Å². The standard InChI is InChI=1S/C17H13F3N2O3S/c18-17(19,20)15-6-3-10(8-21-15)16(24)22-9-11(23)12-4-5-13(25-12)14-2-1-7-26-14/h1-8,11,23H,9H2,(H,22,24). The summed E-state index contributed by atoms with van der Waals surface area (Å²) in [5, 5.41) is 14.4. The molecule has 0 saturated heterocycles. The number of nitrogens with zero attached hydrogens (tertiary/aromatic N) is 1. The van der Waals surface area contributed by atoms with E-state index in [1.54, 1.807) is 12.1 Å². The van der Waals surface area contributed by atoms with Crippen LogP contribution in [-0.4, -0.2) is 22.5 Å². The van der Waals surface area contributed by atoms with E-state index in [2.05, 4.69) is 10.3 Å². The second kappa shape index (κ2) is 7.30. The Bertz CT molecular complexity index is 874. The number of aromatic nitrogens is 1. The molecule has 0 aliphatic rings. The van der Waals surface area contributed by atoms with E-state index in [1.165, 1.54) is 11.3 Å². The number of aliphatic hydroxyl groups is 1. The Labute approximate surface area is 150 Å². The van der Waals surface area contributed by atoms with Crippen LogP contribution in [0.4, 0.5) is 13.2 Å². The van der Waals surface area contributed by atoms with Crippen molar-refractivity contribution in [1.82, 2.24) is 10.3 Å². The molecule has 26 heavy (non-hydrogen) atoms. The summed E-state index contributed by atoms with van der Waals surface area (Å²) in [5.74, 6) is 0.238. The number of carbonyl (C=O) groups is 1. The summed E-state index contributed by atoms with van der Waals surface area (Å²) >= 11 is 1.49. The van der Waals surface area contributed by atoms with Gasteiger partial charge in [-0.05, 0) is 35.7 Å². The molecule has 5 nitrogen and oxygen atoms in total. The zero-order valence-corrected chi connectivity index (χ0v) is 14.0. The Morgan fingerprint density at radius 1 is 1.27 bits per heavy atom. The average Bonchev–Trinajstić information content (AvgIpc) is 3.29. The fourth-order valence-electron chi connectivity index (χ4n) is 2.17. The highest BCUT2D eigenvalue weighted by molar-refractivity contribution is 7.13. The highest BCUT2D eigenvalue weighted by Crippen LogP contribution is 2.29. The molecule has 3 rings (SSSR count). The molecule has 0 aromatic carbocycles. The Kier molecular flexibility index (Phi) is 5.10. The summed E-state index contributed by atoms with van der Waals surface area (Å²) in [7, 11) is 0. The van der Waals surface area contributed by atoms with Gasteiger partial charge < -0.3 is 14.8 Å². The molecule has 9 heteroatoms. The third-order valence-corrected chi connectivity index (χ3v) is 4.38. The lowest BCUT2D eigenvalue weighted by Gasteiger charge is -2.10. The molecule has 1 atom stereocenters. The molecule has 2 N–H and O–H groups in total. The van der Waals surface area contributed by atoms with Crippen molar-refractivity contribution in [2.24, 2.45) is 0 Å². The number of carbonyl (C=O) groups excluding carboxylic acids is 1. The molecule has 0 saturated carbocycles. The van der Waals surface area contributed by atoms with Crippen LogP contribution < -0.4 is 5.32 Å². The summed E-state index contributed by atoms with van der Waals surface area (Å²) in [4.78, 5) is 16.1. The Balaban J connectivity index is 1.59. The van der Waals surface area contributed by atoms with Gasteiger partial charge in [0.05, 0.1) is 17.0 Å². The number of pyridine rings is 1. The molecule has 0 aliphatic heterocycles. The van der Waals surface area contributed by atoms with Crippen LogP contribution in [0.1, 0.15) is 27.9 Å². The number of thiophene rings is 1. The lowest BCUT2D eigenvalue weighted by atomic mass is 10.2. The van der Waals surface area contributed by atoms with E-state index in [0.29, 0.717) is 5.76 Å². The SMILES string of the molecule is O=C(NCC(O)c1ccc(-c2cccs2)o1)c1ccc(C(F)(F)F)nc1. The molecular weight excluding hydrogens is 369 g/mol. The first-order valence-corrected chi connectivity index (χ1v) is 8.35. The van der Waals surface area contributed by atoms with Gasteiger partial charge in [-0.3, -0.25) is 9.78 Å². The van der Waals surface area contributed by atoms with Gasteiger partial charge in [0.1, 0.15) is 23.3 Å². The Morgan fingerprint density at radius 2 is 2.08 bits per heavy atom. The molecule has 0 aliphatic carbocycles. The van der Waals surface area contributed by atoms with Crippen molar-refractivity contribution in [2.45, 2.75) is 12.3 Å². The average molecular weight is 382 g/mol. The fourth-order valence-corrected chi connectivity index (χ4v) is 2.86. The first-order valence-electron chi connectivity index (χ1n) is 7.48. The number of nitrogens with one attached hydrogen (secondary N) is 1. The number of hydrogen-bond donors (Lipinski definition) is 2. The van der Waals surface area contributed by atoms with Crippen molar-refractivity contribution in [1.29, 1.82) is 0 Å². The number of furan rings is 1. The van der Waals surface area contributed by atoms with Crippen LogP contribution in [0, 0.1) is 0 Å². The van der Waals surface area contributed by atoms with Gasteiger partial charge in [-0.1, -0.05) is 6.07 Å². The van der Waals surface area contributed by atoms with E-state index < -0.39 is 23.9 Å². The number of alkyl halides is 3. The summed E-state index contributed by atoms with van der Waals surface area (Å²) in [6.07, 6.45) is -4.81. The van der Waals surface area contributed by atoms with Crippen LogP contribution in [-0.2, 0) is 6.18 Å². The number of amides is 1. The first-order chi connectivity index (χ1) is 12.3. The Hall–Kier alpha value is -2.65. The van der Waals surface area contributed by atoms with Gasteiger partial charge >= 0.3 is 6.18 Å². The van der Waals surface area contributed by atoms with Crippen molar-refractivity contribution in [2.75, 3.05) is 6.54 Å². The van der Waals surface area contributed by atoms with Crippen LogP contribution >= 0.6 is 11.3 Å². The van der Waals surface area contributed by atoms with Crippen LogP contribution in [0.5, 0.6) is 0 Å². The molecule has 3 heterocycles. The quantitative estimate of drug-likeness (QED) is 0.702. The zero-order chi connectivity index (χ0) is 18.7. The topological polar surface area (TPSA) is 75.4 Å². The first kappa shape index (κ1) is 18.2. The second-order valence-electron chi connectivity index (χ2n) is 5.34. The number of halogens is 3. The van der Waals surface area contributed by atoms with Gasteiger partial charge in [0.25, 0.3) is 5.91 Å². The maximum atomic E-state index is 12.5. The summed E-state index contributed by atoms with van der Waals surface area (Å²) < 4.78 is 42.9. The van der Waals surface area contributed by atoms with Gasteiger partial charge in [-0.2, -0.15) is 13.2 Å². The van der Waals surface area contributed by atoms with Crippen LogP contribution in [0.15, 0.2) is 52.4 Å². The second-order valence-corrected chi connectivity index (χ2v) is 6.28. The smallest absolute Gasteiger partial charge is 0.433 e. The molecular formula is C17H13F3N2O3S. The molecule has 0 bridgehead atoms. The monoisotopic (exact) mass is 382 g/mol. The molecule has 0 spiro atoms. The van der Waals surface area contributed by atoms with E-state index in [1.807, 2.05) is 17.5 Å². The van der Waals surface area contributed by atoms with Crippen molar-refractivity contribution in [3.05, 3.63) is 65.0 Å². The maximum Gasteiger partial charge on any atom is 0.433 e. The number of aliphatic hydroxyl groups excluding tert-OH is 1. The minimum absolute atomic E-state index is 0.0380. The normalized spacial score (nSPS) is 12.8. The maximum absolute atomic E-state index is 12.5. The number of hydrogen-bond acceptors (Lipinski definition) is 5. The predicted molar refractivity (Wildman–Crippen MR) is 88.6 cm³/mol. The van der Waals surface area contributed by atoms with Crippen LogP contribution in [0.3, 0.4) is 0 Å². The van der Waals surface area contributed by atoms with Gasteiger partial charge in [-0.15, -0.1) is 11.3 Å². The predicted octanol–water partition coefficient (Wildman–Crippen LogP) is 3.89. The third kappa shape index (κ3) is 4.12. The highest BCUT2D eigenvalue weighted by atomic mass is 32.1. The van der Waals surface area contributed by atoms with E-state index in [0.717, 1.165) is 23.2 Å². The lowest BCUT2D eigenvalue weighted by Crippen LogP contribution is -2.28. The van der Waals surface area contributed by atoms with E-state index in [9.17, 15) is 23.1 Å². The van der Waals surface area contributed by atoms with Gasteiger partial charge in [0, 0.05) is 6.20 Å². The molecule has 3 aromatic rings. The van der Waals surface area contributed by atoms with Crippen LogP contribution in [0.2, 0.25) is 0 Å². The molecule has 1 amide bonds. The molecule has 0 radical (unpaired) electrons. The van der Waals surface area contributed by atoms with Crippen molar-refractivity contribution in [3.63, 3.8) is 0 Å². The minimum Gasteiger partial charge on any atom is -0.457 e. The zero-order valence-electron chi connectivity index (χ0n) is 13.2. The molecule has 0 fully saturated rings. The number of rotatable bonds is 5. The third-order valence-electron chi connectivity index (χ3n) is 3.49. The summed E-state index contributed by atoms with van der Waals surface area (Å²) in [6.45, 7) is -0.156. The van der Waals surface area contributed by atoms with Crippen molar-refractivity contribution >= 4 is 17.2 Å². The van der Waals surface area contributed by atoms with Gasteiger partial charge in [0.2, 0.25) is 0 Å². The minimum atomic E-state index is -4.56. The van der Waals surface area contributed by atoms with Gasteiger partial charge in [-0.25, -0.2) is 0 Å². The Morgan fingerprint density at radius 3 is 2.69 bits per heavy atom. The largest absolute Gasteiger partial charge is 0.457 e. The summed E-state index contributed by atoms with van der Waals surface area (Å²) in [6, 6.07) is 8.82. The lowest BCUT2D eigenvalue weighted by molar-refractivity contribution is -0.141. The highest BCUT2D eigenvalue weighted by Gasteiger charge is 2.32. The van der Waals surface area contributed by atoms with Crippen molar-refractivity contribution in [3.8, 4) is 10.6 Å². The van der Waals surface area contributed by atoms with Crippen molar-refractivity contribution < 1.29 is 27.5 Å². The van der Waals surface area contributed by atoms with E-state index in [-0.39, 0.29) is 17.9 Å².